The second kappa shape index (κ2) is 7.17. The third-order valence-electron chi connectivity index (χ3n) is 3.51. The van der Waals surface area contributed by atoms with Crippen LogP contribution in [0.2, 0.25) is 0 Å². The van der Waals surface area contributed by atoms with E-state index in [0.717, 1.165) is 5.56 Å². The SMILES string of the molecule is NC(=O)[C@H]1CC[C@@H](CNC(=O)CCc2ccc(F)cc2)O1. The topological polar surface area (TPSA) is 81.4 Å². The standard InChI is InChI=1S/C15H19FN2O3/c16-11-4-1-10(2-5-11)3-8-14(19)18-9-12-6-7-13(21-12)15(17)20/h1-2,4-5,12-13H,3,6-9H2,(H2,17,20)(H,18,19)/t12-,13+/m0/s1. The number of hydrogen-bond acceptors (Lipinski definition) is 3. The van der Waals surface area contributed by atoms with Crippen LogP contribution in [0.5, 0.6) is 0 Å². The summed E-state index contributed by atoms with van der Waals surface area (Å²) in [5, 5.41) is 2.78. The van der Waals surface area contributed by atoms with Gasteiger partial charge in [0.15, 0.2) is 0 Å². The fourth-order valence-electron chi connectivity index (χ4n) is 2.29. The highest BCUT2D eigenvalue weighted by molar-refractivity contribution is 5.79. The van der Waals surface area contributed by atoms with E-state index in [2.05, 4.69) is 5.32 Å². The maximum absolute atomic E-state index is 12.7. The summed E-state index contributed by atoms with van der Waals surface area (Å²) in [4.78, 5) is 22.7. The van der Waals surface area contributed by atoms with Gasteiger partial charge in [-0.25, -0.2) is 4.39 Å². The Morgan fingerprint density at radius 2 is 2.00 bits per heavy atom. The molecule has 2 rings (SSSR count). The number of aryl methyl sites for hydroxylation is 1. The zero-order valence-electron chi connectivity index (χ0n) is 11.7. The maximum Gasteiger partial charge on any atom is 0.246 e. The summed E-state index contributed by atoms with van der Waals surface area (Å²) in [6.45, 7) is 0.381. The largest absolute Gasteiger partial charge is 0.367 e. The number of carbonyl (C=O) groups is 2. The van der Waals surface area contributed by atoms with Crippen molar-refractivity contribution < 1.29 is 18.7 Å². The summed E-state index contributed by atoms with van der Waals surface area (Å²) in [7, 11) is 0. The van der Waals surface area contributed by atoms with Gasteiger partial charge < -0.3 is 15.8 Å². The summed E-state index contributed by atoms with van der Waals surface area (Å²) in [6, 6.07) is 6.09. The number of benzene rings is 1. The minimum Gasteiger partial charge on any atom is -0.367 e. The molecule has 2 atom stereocenters. The van der Waals surface area contributed by atoms with Crippen LogP contribution >= 0.6 is 0 Å². The second-order valence-corrected chi connectivity index (χ2v) is 5.16. The van der Waals surface area contributed by atoms with Gasteiger partial charge in [-0.3, -0.25) is 9.59 Å². The number of rotatable bonds is 6. The van der Waals surface area contributed by atoms with E-state index >= 15 is 0 Å². The molecular formula is C15H19FN2O3. The van der Waals surface area contributed by atoms with Crippen LogP contribution in [-0.4, -0.2) is 30.6 Å². The van der Waals surface area contributed by atoms with Crippen LogP contribution in [0, 0.1) is 5.82 Å². The lowest BCUT2D eigenvalue weighted by Crippen LogP contribution is -2.34. The van der Waals surface area contributed by atoms with Crippen LogP contribution in [-0.2, 0) is 20.7 Å². The molecule has 1 aliphatic heterocycles. The summed E-state index contributed by atoms with van der Waals surface area (Å²) in [6.07, 6.45) is 1.51. The van der Waals surface area contributed by atoms with E-state index in [-0.39, 0.29) is 17.8 Å². The van der Waals surface area contributed by atoms with Gasteiger partial charge in [0.25, 0.3) is 0 Å². The molecule has 0 aromatic heterocycles. The minimum absolute atomic E-state index is 0.0922. The summed E-state index contributed by atoms with van der Waals surface area (Å²) >= 11 is 0. The van der Waals surface area contributed by atoms with E-state index in [1.54, 1.807) is 12.1 Å². The Kier molecular flexibility index (Phi) is 5.27. The highest BCUT2D eigenvalue weighted by Gasteiger charge is 2.29. The zero-order chi connectivity index (χ0) is 15.2. The summed E-state index contributed by atoms with van der Waals surface area (Å²) < 4.78 is 18.2. The van der Waals surface area contributed by atoms with Gasteiger partial charge in [-0.2, -0.15) is 0 Å². The molecule has 6 heteroatoms. The first kappa shape index (κ1) is 15.4. The molecule has 1 saturated heterocycles. The molecule has 21 heavy (non-hydrogen) atoms. The Hall–Kier alpha value is -1.95. The van der Waals surface area contributed by atoms with Crippen molar-refractivity contribution in [2.24, 2.45) is 5.73 Å². The molecule has 0 bridgehead atoms. The van der Waals surface area contributed by atoms with Crippen LogP contribution in [0.3, 0.4) is 0 Å². The number of ether oxygens (including phenoxy) is 1. The Morgan fingerprint density at radius 3 is 2.62 bits per heavy atom. The highest BCUT2D eigenvalue weighted by atomic mass is 19.1. The quantitative estimate of drug-likeness (QED) is 0.818. The average molecular weight is 294 g/mol. The van der Waals surface area contributed by atoms with Crippen molar-refractivity contribution in [2.45, 2.75) is 37.9 Å². The van der Waals surface area contributed by atoms with Crippen LogP contribution in [0.4, 0.5) is 4.39 Å². The molecule has 3 N–H and O–H groups in total. The van der Waals surface area contributed by atoms with Crippen molar-refractivity contribution >= 4 is 11.8 Å². The third-order valence-corrected chi connectivity index (χ3v) is 3.51. The van der Waals surface area contributed by atoms with Gasteiger partial charge in [0, 0.05) is 13.0 Å². The molecule has 1 fully saturated rings. The number of nitrogens with one attached hydrogen (secondary N) is 1. The van der Waals surface area contributed by atoms with E-state index in [1.807, 2.05) is 0 Å². The molecule has 1 heterocycles. The van der Waals surface area contributed by atoms with Crippen LogP contribution < -0.4 is 11.1 Å². The number of hydrogen-bond donors (Lipinski definition) is 2. The number of primary amides is 1. The molecule has 1 aliphatic rings. The van der Waals surface area contributed by atoms with E-state index in [0.29, 0.717) is 32.2 Å². The Bertz CT molecular complexity index is 504. The monoisotopic (exact) mass is 294 g/mol. The van der Waals surface area contributed by atoms with E-state index < -0.39 is 12.0 Å². The first-order valence-electron chi connectivity index (χ1n) is 7.00. The normalized spacial score (nSPS) is 21.2. The molecular weight excluding hydrogens is 275 g/mol. The summed E-state index contributed by atoms with van der Waals surface area (Å²) in [5.41, 5.74) is 6.07. The molecule has 0 radical (unpaired) electrons. The van der Waals surface area contributed by atoms with Crippen molar-refractivity contribution in [1.82, 2.24) is 5.32 Å². The maximum atomic E-state index is 12.7. The molecule has 5 nitrogen and oxygen atoms in total. The molecule has 0 aliphatic carbocycles. The second-order valence-electron chi connectivity index (χ2n) is 5.16. The molecule has 0 spiro atoms. The lowest BCUT2D eigenvalue weighted by Gasteiger charge is -2.12. The van der Waals surface area contributed by atoms with Crippen LogP contribution in [0.25, 0.3) is 0 Å². The number of amides is 2. The lowest BCUT2D eigenvalue weighted by atomic mass is 10.1. The predicted molar refractivity (Wildman–Crippen MR) is 74.8 cm³/mol. The predicted octanol–water partition coefficient (Wildman–Crippen LogP) is 0.907. The first-order valence-corrected chi connectivity index (χ1v) is 7.00. The molecule has 1 aromatic rings. The first-order chi connectivity index (χ1) is 10.0. The third kappa shape index (κ3) is 4.82. The van der Waals surface area contributed by atoms with E-state index in [9.17, 15) is 14.0 Å². The fraction of sp³-hybridized carbons (Fsp3) is 0.467. The van der Waals surface area contributed by atoms with Crippen molar-refractivity contribution in [3.8, 4) is 0 Å². The van der Waals surface area contributed by atoms with E-state index in [4.69, 9.17) is 10.5 Å². The van der Waals surface area contributed by atoms with Gasteiger partial charge in [-0.15, -0.1) is 0 Å². The van der Waals surface area contributed by atoms with Crippen molar-refractivity contribution in [1.29, 1.82) is 0 Å². The minimum atomic E-state index is -0.536. The van der Waals surface area contributed by atoms with Gasteiger partial charge in [0.05, 0.1) is 6.10 Å². The Labute approximate surface area is 122 Å². The number of nitrogens with two attached hydrogens (primary N) is 1. The van der Waals surface area contributed by atoms with Crippen molar-refractivity contribution in [3.05, 3.63) is 35.6 Å². The molecule has 1 aromatic carbocycles. The van der Waals surface area contributed by atoms with Crippen LogP contribution in [0.15, 0.2) is 24.3 Å². The Balaban J connectivity index is 1.66. The van der Waals surface area contributed by atoms with Crippen molar-refractivity contribution in [3.63, 3.8) is 0 Å². The number of carbonyl (C=O) groups excluding carboxylic acids is 2. The molecule has 0 unspecified atom stereocenters. The lowest BCUT2D eigenvalue weighted by molar-refractivity contribution is -0.128. The van der Waals surface area contributed by atoms with Gasteiger partial charge in [-0.05, 0) is 37.0 Å². The van der Waals surface area contributed by atoms with Crippen LogP contribution in [0.1, 0.15) is 24.8 Å². The smallest absolute Gasteiger partial charge is 0.246 e. The number of halogens is 1. The molecule has 2 amide bonds. The average Bonchev–Trinajstić information content (AvgIpc) is 2.93. The van der Waals surface area contributed by atoms with E-state index in [1.165, 1.54) is 12.1 Å². The van der Waals surface area contributed by atoms with Crippen molar-refractivity contribution in [2.75, 3.05) is 6.54 Å². The van der Waals surface area contributed by atoms with Gasteiger partial charge in [-0.1, -0.05) is 12.1 Å². The Morgan fingerprint density at radius 1 is 1.29 bits per heavy atom. The molecule has 0 saturated carbocycles. The highest BCUT2D eigenvalue weighted by Crippen LogP contribution is 2.18. The van der Waals surface area contributed by atoms with Gasteiger partial charge in [0.1, 0.15) is 11.9 Å². The fourth-order valence-corrected chi connectivity index (χ4v) is 2.29. The summed E-state index contributed by atoms with van der Waals surface area (Å²) in [5.74, 6) is -0.837. The van der Waals surface area contributed by atoms with Gasteiger partial charge in [0.2, 0.25) is 11.8 Å². The molecule has 114 valence electrons. The zero-order valence-corrected chi connectivity index (χ0v) is 11.7. The van der Waals surface area contributed by atoms with Gasteiger partial charge >= 0.3 is 0 Å².